The first kappa shape index (κ1) is 18.9. The largest absolute Gasteiger partial charge is 0.486 e. The van der Waals surface area contributed by atoms with E-state index in [0.717, 1.165) is 11.3 Å². The van der Waals surface area contributed by atoms with Crippen LogP contribution < -0.4 is 0 Å². The summed E-state index contributed by atoms with van der Waals surface area (Å²) in [6.07, 6.45) is -1.99. The Hall–Kier alpha value is -4.44. The number of benzene rings is 3. The molecule has 209 valence electrons. The number of hydrogen-bond donors (Lipinski definition) is 0. The summed E-state index contributed by atoms with van der Waals surface area (Å²) in [5.74, 6) is 0. The predicted octanol–water partition coefficient (Wildman–Crippen LogP) is 8.79. The Morgan fingerprint density at radius 3 is 2.43 bits per heavy atom. The van der Waals surface area contributed by atoms with E-state index in [1.807, 2.05) is 18.2 Å². The van der Waals surface area contributed by atoms with Gasteiger partial charge in [0.05, 0.1) is 5.58 Å². The van der Waals surface area contributed by atoms with Crippen molar-refractivity contribution in [2.75, 3.05) is 0 Å². The van der Waals surface area contributed by atoms with Crippen LogP contribution in [0.15, 0.2) is 120 Å². The molecule has 1 radical (unpaired) electrons. The summed E-state index contributed by atoms with van der Waals surface area (Å²) < 4.78 is 84.9. The van der Waals surface area contributed by atoms with E-state index >= 15 is 0 Å². The molecule has 0 atom stereocenters. The van der Waals surface area contributed by atoms with Gasteiger partial charge in [-0.3, -0.25) is 0 Å². The van der Waals surface area contributed by atoms with Gasteiger partial charge in [0.25, 0.3) is 0 Å². The fraction of sp³-hybridized carbons (Fsp3) is 0.108. The Kier molecular flexibility index (Phi) is 6.06. The molecule has 4 aromatic heterocycles. The molecule has 0 unspecified atom stereocenters. The molecule has 7 rings (SSSR count). The van der Waals surface area contributed by atoms with Gasteiger partial charge in [-0.05, 0) is 67.2 Å². The second-order valence-corrected chi connectivity index (χ2v) is 9.00. The van der Waals surface area contributed by atoms with Crippen molar-refractivity contribution in [2.24, 2.45) is 0 Å². The fourth-order valence-electron chi connectivity index (χ4n) is 4.21. The third kappa shape index (κ3) is 6.71. The topological polar surface area (TPSA) is 51.8 Å². The molecule has 42 heavy (non-hydrogen) atoms. The number of rotatable bonds is 5. The molecule has 3 aromatic carbocycles. The van der Waals surface area contributed by atoms with E-state index in [9.17, 15) is 0 Å². The van der Waals surface area contributed by atoms with Crippen LogP contribution in [0, 0.1) is 25.8 Å². The van der Waals surface area contributed by atoms with Gasteiger partial charge in [0, 0.05) is 57.3 Å². The van der Waals surface area contributed by atoms with E-state index in [0.29, 0.717) is 27.6 Å². The standard InChI is InChI=1S/C25H19N2O.C12H10N.Ir/c1-17-14-15-26-23(16-17)22-9-5-8-20-21-13-12-19(27-25(21)28-24(20)22)11-10-18-6-3-2-4-7-18;1-10-7-8-12(13-9-10)11-5-3-2-4-6-11;/h2-8,12-16H,10-11H2,1H3;2-5,7-9H,1H3;/q2*-1;/i1D3,10D2,11D2;1D3;. The van der Waals surface area contributed by atoms with Gasteiger partial charge in [0.1, 0.15) is 0 Å². The molecule has 0 fully saturated rings. The van der Waals surface area contributed by atoms with Gasteiger partial charge in [0.15, 0.2) is 0 Å². The third-order valence-electron chi connectivity index (χ3n) is 6.17. The maximum Gasteiger partial charge on any atom is 0.216 e. The van der Waals surface area contributed by atoms with Gasteiger partial charge in [-0.2, -0.15) is 0 Å². The van der Waals surface area contributed by atoms with Gasteiger partial charge in [-0.1, -0.05) is 65.0 Å². The SMILES string of the molecule is [2H]C([2H])([2H])c1ccc(-c2[c-]cccc2)nc1.[2H]C([2H])([2H])c1ccnc(-c2[c-]ccc3c2oc2nc(C([2H])([2H])C([2H])([2H])c4ccccc4)ccc23)c1.[Ir]. The van der Waals surface area contributed by atoms with Crippen LogP contribution in [0.1, 0.15) is 36.1 Å². The molecule has 0 saturated heterocycles. The minimum atomic E-state index is -2.45. The number of pyridine rings is 3. The summed E-state index contributed by atoms with van der Waals surface area (Å²) in [5, 5.41) is 1.29. The van der Waals surface area contributed by atoms with Crippen molar-refractivity contribution in [3.05, 3.63) is 150 Å². The van der Waals surface area contributed by atoms with Crippen LogP contribution in [0.3, 0.4) is 0 Å². The number of nitrogens with zero attached hydrogens (tertiary/aromatic N) is 3. The van der Waals surface area contributed by atoms with Crippen molar-refractivity contribution in [1.82, 2.24) is 15.0 Å². The molecule has 0 amide bonds. The monoisotopic (exact) mass is 734 g/mol. The smallest absolute Gasteiger partial charge is 0.216 e. The van der Waals surface area contributed by atoms with Gasteiger partial charge in [0.2, 0.25) is 5.71 Å². The summed E-state index contributed by atoms with van der Waals surface area (Å²) >= 11 is 0. The minimum absolute atomic E-state index is 0. The zero-order valence-corrected chi connectivity index (χ0v) is 24.4. The van der Waals surface area contributed by atoms with E-state index in [4.69, 9.17) is 18.1 Å². The van der Waals surface area contributed by atoms with Crippen LogP contribution in [0.4, 0.5) is 0 Å². The van der Waals surface area contributed by atoms with Crippen LogP contribution in [-0.4, -0.2) is 15.0 Å². The van der Waals surface area contributed by atoms with Gasteiger partial charge >= 0.3 is 0 Å². The number of furan rings is 1. The Labute approximate surface area is 273 Å². The van der Waals surface area contributed by atoms with E-state index < -0.39 is 26.4 Å². The van der Waals surface area contributed by atoms with Gasteiger partial charge in [-0.15, -0.1) is 54.1 Å². The Balaban J connectivity index is 0.000000258. The summed E-state index contributed by atoms with van der Waals surface area (Å²) in [7, 11) is 0. The molecule has 0 N–H and O–H groups in total. The minimum Gasteiger partial charge on any atom is -0.486 e. The Bertz CT molecular complexity index is 2290. The first-order valence-corrected chi connectivity index (χ1v) is 12.8. The summed E-state index contributed by atoms with van der Waals surface area (Å²) in [5.41, 5.74) is 3.43. The molecule has 0 spiro atoms. The predicted molar refractivity (Wildman–Crippen MR) is 165 cm³/mol. The van der Waals surface area contributed by atoms with E-state index in [-0.39, 0.29) is 48.2 Å². The summed E-state index contributed by atoms with van der Waals surface area (Å²) in [6.45, 7) is -4.38. The van der Waals surface area contributed by atoms with Crippen LogP contribution in [0.2, 0.25) is 0 Å². The molecule has 5 heteroatoms. The molecule has 0 aliphatic rings. The summed E-state index contributed by atoms with van der Waals surface area (Å²) in [6, 6.07) is 34.4. The number of aromatic nitrogens is 3. The third-order valence-corrected chi connectivity index (χ3v) is 6.17. The van der Waals surface area contributed by atoms with E-state index in [1.165, 1.54) is 30.6 Å². The average Bonchev–Trinajstić information content (AvgIpc) is 3.50. The van der Waals surface area contributed by atoms with Crippen molar-refractivity contribution in [3.63, 3.8) is 0 Å². The quantitative estimate of drug-likeness (QED) is 0.166. The van der Waals surface area contributed by atoms with Crippen molar-refractivity contribution >= 4 is 22.1 Å². The molecule has 0 aliphatic carbocycles. The second-order valence-electron chi connectivity index (χ2n) is 9.00. The van der Waals surface area contributed by atoms with Crippen LogP contribution in [0.25, 0.3) is 44.6 Å². The molecule has 4 nitrogen and oxygen atoms in total. The zero-order valence-electron chi connectivity index (χ0n) is 32.1. The van der Waals surface area contributed by atoms with Crippen LogP contribution in [-0.2, 0) is 32.9 Å². The van der Waals surface area contributed by atoms with Gasteiger partial charge in [-0.25, -0.2) is 4.98 Å². The van der Waals surface area contributed by atoms with E-state index in [2.05, 4.69) is 27.1 Å². The van der Waals surface area contributed by atoms with E-state index in [1.54, 1.807) is 66.7 Å². The van der Waals surface area contributed by atoms with Crippen LogP contribution in [0.5, 0.6) is 0 Å². The molecule has 0 bridgehead atoms. The average molecular weight is 734 g/mol. The molecule has 7 aromatic rings. The molecular formula is C37H29IrN3O-2. The first-order valence-electron chi connectivity index (χ1n) is 17.8. The maximum atomic E-state index is 8.59. The Morgan fingerprint density at radius 2 is 1.64 bits per heavy atom. The normalized spacial score (nSPS) is 15.4. The number of aryl methyl sites for hydroxylation is 4. The maximum absolute atomic E-state index is 8.59. The first-order chi connectivity index (χ1) is 24.1. The van der Waals surface area contributed by atoms with Crippen LogP contribution >= 0.6 is 0 Å². The zero-order chi connectivity index (χ0) is 36.6. The summed E-state index contributed by atoms with van der Waals surface area (Å²) in [4.78, 5) is 12.8. The van der Waals surface area contributed by atoms with Crippen molar-refractivity contribution in [2.45, 2.75) is 26.4 Å². The van der Waals surface area contributed by atoms with Gasteiger partial charge < -0.3 is 14.4 Å². The fourth-order valence-corrected chi connectivity index (χ4v) is 4.21. The second kappa shape index (κ2) is 13.5. The van der Waals surface area contributed by atoms with Crippen molar-refractivity contribution < 1.29 is 38.2 Å². The molecule has 0 saturated carbocycles. The van der Waals surface area contributed by atoms with Crippen molar-refractivity contribution in [3.8, 4) is 22.5 Å². The Morgan fingerprint density at radius 1 is 0.762 bits per heavy atom. The molecular weight excluding hydrogens is 695 g/mol. The number of hydrogen-bond acceptors (Lipinski definition) is 4. The molecule has 0 aliphatic heterocycles. The molecule has 4 heterocycles. The number of fused-ring (bicyclic) bond motifs is 3. The van der Waals surface area contributed by atoms with Crippen molar-refractivity contribution in [1.29, 1.82) is 0 Å².